The normalized spacial score (nSPS) is 18.8. The number of nitrogens with two attached hydrogens (primary N) is 2. The molecule has 0 atom stereocenters. The standard InChI is InChI=1S/C15H21N3O/c16-14-7-11(15(17)19)3-4-12(14)9-18(13-5-6-13)8-10-1-2-10/h3-4,7,10,13H,1-2,5-6,8-9,16H2,(H2,17,19). The SMILES string of the molecule is NC(=O)c1ccc(CN(CC2CC2)C2CC2)c(N)c1. The quantitative estimate of drug-likeness (QED) is 0.764. The zero-order valence-electron chi connectivity index (χ0n) is 11.1. The van der Waals surface area contributed by atoms with Crippen molar-refractivity contribution in [2.24, 2.45) is 11.7 Å². The summed E-state index contributed by atoms with van der Waals surface area (Å²) in [7, 11) is 0. The van der Waals surface area contributed by atoms with Gasteiger partial charge in [0.1, 0.15) is 0 Å². The third-order valence-corrected chi connectivity index (χ3v) is 4.06. The van der Waals surface area contributed by atoms with Crippen molar-refractivity contribution in [3.8, 4) is 0 Å². The van der Waals surface area contributed by atoms with E-state index < -0.39 is 5.91 Å². The number of nitrogen functional groups attached to an aromatic ring is 1. The third kappa shape index (κ3) is 3.07. The molecule has 0 spiro atoms. The Balaban J connectivity index is 1.71. The number of carbonyl (C=O) groups is 1. The van der Waals surface area contributed by atoms with Gasteiger partial charge in [0.25, 0.3) is 0 Å². The Bertz CT molecular complexity index is 492. The second-order valence-corrected chi connectivity index (χ2v) is 5.88. The number of carbonyl (C=O) groups excluding carboxylic acids is 1. The summed E-state index contributed by atoms with van der Waals surface area (Å²) in [4.78, 5) is 13.7. The van der Waals surface area contributed by atoms with Crippen LogP contribution in [0.4, 0.5) is 5.69 Å². The molecule has 1 aromatic carbocycles. The molecule has 1 amide bonds. The smallest absolute Gasteiger partial charge is 0.248 e. The first-order valence-corrected chi connectivity index (χ1v) is 7.05. The summed E-state index contributed by atoms with van der Waals surface area (Å²) in [6.07, 6.45) is 5.37. The summed E-state index contributed by atoms with van der Waals surface area (Å²) in [5.41, 5.74) is 13.6. The zero-order valence-corrected chi connectivity index (χ0v) is 11.1. The Morgan fingerprint density at radius 2 is 2.00 bits per heavy atom. The number of nitrogens with zero attached hydrogens (tertiary/aromatic N) is 1. The van der Waals surface area contributed by atoms with E-state index in [4.69, 9.17) is 11.5 Å². The maximum absolute atomic E-state index is 11.1. The molecule has 0 unspecified atom stereocenters. The molecule has 102 valence electrons. The van der Waals surface area contributed by atoms with E-state index in [1.54, 1.807) is 12.1 Å². The fourth-order valence-electron chi connectivity index (χ4n) is 2.53. The summed E-state index contributed by atoms with van der Waals surface area (Å²) in [5.74, 6) is 0.474. The van der Waals surface area contributed by atoms with E-state index in [0.29, 0.717) is 11.3 Å². The first-order chi connectivity index (χ1) is 9.13. The van der Waals surface area contributed by atoms with E-state index in [9.17, 15) is 4.79 Å². The van der Waals surface area contributed by atoms with Crippen molar-refractivity contribution in [3.63, 3.8) is 0 Å². The van der Waals surface area contributed by atoms with Gasteiger partial charge in [-0.05, 0) is 49.3 Å². The van der Waals surface area contributed by atoms with Crippen LogP contribution >= 0.6 is 0 Å². The van der Waals surface area contributed by atoms with Gasteiger partial charge in [0.15, 0.2) is 0 Å². The van der Waals surface area contributed by atoms with Crippen LogP contribution in [0, 0.1) is 5.92 Å². The van der Waals surface area contributed by atoms with Gasteiger partial charge < -0.3 is 11.5 Å². The minimum Gasteiger partial charge on any atom is -0.398 e. The Morgan fingerprint density at radius 3 is 2.53 bits per heavy atom. The highest BCUT2D eigenvalue weighted by molar-refractivity contribution is 5.93. The van der Waals surface area contributed by atoms with Crippen LogP contribution in [0.15, 0.2) is 18.2 Å². The van der Waals surface area contributed by atoms with Crippen LogP contribution in [0.3, 0.4) is 0 Å². The number of amides is 1. The van der Waals surface area contributed by atoms with Gasteiger partial charge in [-0.3, -0.25) is 9.69 Å². The average molecular weight is 259 g/mol. The molecule has 4 N–H and O–H groups in total. The van der Waals surface area contributed by atoms with E-state index in [1.165, 1.54) is 32.2 Å². The van der Waals surface area contributed by atoms with E-state index in [-0.39, 0.29) is 0 Å². The summed E-state index contributed by atoms with van der Waals surface area (Å²) < 4.78 is 0. The van der Waals surface area contributed by atoms with Crippen molar-refractivity contribution in [2.75, 3.05) is 12.3 Å². The Hall–Kier alpha value is -1.55. The van der Waals surface area contributed by atoms with Crippen molar-refractivity contribution < 1.29 is 4.79 Å². The number of primary amides is 1. The van der Waals surface area contributed by atoms with E-state index in [1.807, 2.05) is 6.07 Å². The molecular weight excluding hydrogens is 238 g/mol. The second kappa shape index (κ2) is 4.85. The van der Waals surface area contributed by atoms with Crippen molar-refractivity contribution in [1.82, 2.24) is 4.90 Å². The molecule has 0 aliphatic heterocycles. The fraction of sp³-hybridized carbons (Fsp3) is 0.533. The Kier molecular flexibility index (Phi) is 3.19. The number of rotatable bonds is 6. The number of benzene rings is 1. The van der Waals surface area contributed by atoms with E-state index in [2.05, 4.69) is 4.90 Å². The molecule has 2 fully saturated rings. The highest BCUT2D eigenvalue weighted by Crippen LogP contribution is 2.36. The van der Waals surface area contributed by atoms with E-state index in [0.717, 1.165) is 24.1 Å². The molecule has 0 bridgehead atoms. The predicted octanol–water partition coefficient (Wildman–Crippen LogP) is 1.74. The van der Waals surface area contributed by atoms with Gasteiger partial charge >= 0.3 is 0 Å². The van der Waals surface area contributed by atoms with Crippen LogP contribution in [-0.2, 0) is 6.54 Å². The maximum Gasteiger partial charge on any atom is 0.248 e. The lowest BCUT2D eigenvalue weighted by atomic mass is 10.1. The van der Waals surface area contributed by atoms with Crippen LogP contribution in [0.1, 0.15) is 41.6 Å². The van der Waals surface area contributed by atoms with Crippen molar-refractivity contribution in [2.45, 2.75) is 38.3 Å². The molecule has 0 saturated heterocycles. The van der Waals surface area contributed by atoms with Gasteiger partial charge in [-0.2, -0.15) is 0 Å². The summed E-state index contributed by atoms with van der Waals surface area (Å²) in [6, 6.07) is 6.16. The molecular formula is C15H21N3O. The summed E-state index contributed by atoms with van der Waals surface area (Å²) >= 11 is 0. The molecule has 3 rings (SSSR count). The van der Waals surface area contributed by atoms with Crippen LogP contribution in [0.25, 0.3) is 0 Å². The molecule has 2 aliphatic rings. The molecule has 0 aromatic heterocycles. The van der Waals surface area contributed by atoms with Gasteiger partial charge in [0, 0.05) is 30.4 Å². The molecule has 0 heterocycles. The lowest BCUT2D eigenvalue weighted by Crippen LogP contribution is -2.28. The minimum atomic E-state index is -0.421. The van der Waals surface area contributed by atoms with Crippen LogP contribution < -0.4 is 11.5 Å². The second-order valence-electron chi connectivity index (χ2n) is 5.88. The van der Waals surface area contributed by atoms with E-state index >= 15 is 0 Å². The number of hydrogen-bond donors (Lipinski definition) is 2. The number of anilines is 1. The molecule has 19 heavy (non-hydrogen) atoms. The van der Waals surface area contributed by atoms with Gasteiger partial charge in [-0.1, -0.05) is 6.07 Å². The first kappa shape index (κ1) is 12.5. The van der Waals surface area contributed by atoms with Crippen LogP contribution in [0.2, 0.25) is 0 Å². The minimum absolute atomic E-state index is 0.421. The molecule has 2 saturated carbocycles. The van der Waals surface area contributed by atoms with Crippen LogP contribution in [-0.4, -0.2) is 23.4 Å². The highest BCUT2D eigenvalue weighted by Gasteiger charge is 2.33. The topological polar surface area (TPSA) is 72.4 Å². The fourth-order valence-corrected chi connectivity index (χ4v) is 2.53. The third-order valence-electron chi connectivity index (χ3n) is 4.06. The monoisotopic (exact) mass is 259 g/mol. The molecule has 4 nitrogen and oxygen atoms in total. The summed E-state index contributed by atoms with van der Waals surface area (Å²) in [6.45, 7) is 2.09. The lowest BCUT2D eigenvalue weighted by molar-refractivity contribution is 0.100. The van der Waals surface area contributed by atoms with Crippen LogP contribution in [0.5, 0.6) is 0 Å². The highest BCUT2D eigenvalue weighted by atomic mass is 16.1. The molecule has 2 aliphatic carbocycles. The Morgan fingerprint density at radius 1 is 1.26 bits per heavy atom. The average Bonchev–Trinajstić information content (AvgIpc) is 3.24. The number of hydrogen-bond acceptors (Lipinski definition) is 3. The van der Waals surface area contributed by atoms with Crippen molar-refractivity contribution in [1.29, 1.82) is 0 Å². The van der Waals surface area contributed by atoms with Crippen molar-refractivity contribution in [3.05, 3.63) is 29.3 Å². The van der Waals surface area contributed by atoms with Gasteiger partial charge in [-0.15, -0.1) is 0 Å². The lowest BCUT2D eigenvalue weighted by Gasteiger charge is -2.22. The van der Waals surface area contributed by atoms with Gasteiger partial charge in [0.05, 0.1) is 0 Å². The van der Waals surface area contributed by atoms with Crippen molar-refractivity contribution >= 4 is 11.6 Å². The largest absolute Gasteiger partial charge is 0.398 e. The van der Waals surface area contributed by atoms with Gasteiger partial charge in [0.2, 0.25) is 5.91 Å². The first-order valence-electron chi connectivity index (χ1n) is 7.05. The molecule has 4 heteroatoms. The predicted molar refractivity (Wildman–Crippen MR) is 75.5 cm³/mol. The van der Waals surface area contributed by atoms with Gasteiger partial charge in [-0.25, -0.2) is 0 Å². The molecule has 0 radical (unpaired) electrons. The molecule has 1 aromatic rings. The summed E-state index contributed by atoms with van der Waals surface area (Å²) in [5, 5.41) is 0. The maximum atomic E-state index is 11.1. The Labute approximate surface area is 113 Å². The zero-order chi connectivity index (χ0) is 13.4.